The lowest BCUT2D eigenvalue weighted by atomic mass is 9.95. The summed E-state index contributed by atoms with van der Waals surface area (Å²) < 4.78 is 5.45. The molecule has 5 heteroatoms. The Morgan fingerprint density at radius 2 is 2.40 bits per heavy atom. The van der Waals surface area contributed by atoms with E-state index < -0.39 is 5.97 Å². The van der Waals surface area contributed by atoms with Gasteiger partial charge in [0.1, 0.15) is 6.10 Å². The van der Waals surface area contributed by atoms with Crippen LogP contribution in [0.5, 0.6) is 5.88 Å². The summed E-state index contributed by atoms with van der Waals surface area (Å²) in [4.78, 5) is 14.6. The molecule has 4 nitrogen and oxygen atoms in total. The average molecular weight is 228 g/mol. The first-order valence-corrected chi connectivity index (χ1v) is 5.10. The number of carboxylic acids is 1. The zero-order valence-corrected chi connectivity index (χ0v) is 8.65. The number of alkyl halides is 1. The zero-order valence-electron chi connectivity index (χ0n) is 7.89. The predicted molar refractivity (Wildman–Crippen MR) is 54.5 cm³/mol. The van der Waals surface area contributed by atoms with Crippen LogP contribution in [0.3, 0.4) is 0 Å². The third kappa shape index (κ3) is 2.21. The molecule has 1 heterocycles. The Morgan fingerprint density at radius 1 is 1.60 bits per heavy atom. The normalized spacial score (nSPS) is 24.3. The van der Waals surface area contributed by atoms with Gasteiger partial charge in [0.2, 0.25) is 5.88 Å². The molecule has 1 aromatic heterocycles. The van der Waals surface area contributed by atoms with Crippen molar-refractivity contribution in [3.63, 3.8) is 0 Å². The number of aromatic carboxylic acids is 1. The maximum atomic E-state index is 10.7. The number of carbonyl (C=O) groups is 1. The van der Waals surface area contributed by atoms with Crippen LogP contribution in [0.25, 0.3) is 0 Å². The summed E-state index contributed by atoms with van der Waals surface area (Å²) in [5.41, 5.74) is 0.172. The number of aromatic nitrogens is 1. The summed E-state index contributed by atoms with van der Waals surface area (Å²) >= 11 is 5.90. The van der Waals surface area contributed by atoms with E-state index in [1.54, 1.807) is 0 Å². The first-order valence-electron chi connectivity index (χ1n) is 4.67. The summed E-state index contributed by atoms with van der Waals surface area (Å²) in [5, 5.41) is 8.77. The fourth-order valence-corrected chi connectivity index (χ4v) is 1.63. The second-order valence-electron chi connectivity index (χ2n) is 3.44. The van der Waals surface area contributed by atoms with Crippen LogP contribution in [-0.4, -0.2) is 27.5 Å². The summed E-state index contributed by atoms with van der Waals surface area (Å²) in [7, 11) is 0. The SMILES string of the molecule is O=C(O)c1ccnc(OC2CCC2Cl)c1. The van der Waals surface area contributed by atoms with Crippen LogP contribution in [-0.2, 0) is 0 Å². The maximum absolute atomic E-state index is 10.7. The first-order chi connectivity index (χ1) is 7.16. The van der Waals surface area contributed by atoms with Gasteiger partial charge in [0.05, 0.1) is 10.9 Å². The third-order valence-electron chi connectivity index (χ3n) is 2.38. The van der Waals surface area contributed by atoms with Gasteiger partial charge in [-0.1, -0.05) is 0 Å². The fourth-order valence-electron chi connectivity index (χ4n) is 1.32. The molecule has 2 rings (SSSR count). The number of rotatable bonds is 3. The molecule has 0 radical (unpaired) electrons. The summed E-state index contributed by atoms with van der Waals surface area (Å²) in [6, 6.07) is 2.83. The van der Waals surface area contributed by atoms with Crippen LogP contribution < -0.4 is 4.74 Å². The van der Waals surface area contributed by atoms with E-state index in [4.69, 9.17) is 21.4 Å². The second kappa shape index (κ2) is 4.06. The van der Waals surface area contributed by atoms with Gasteiger partial charge in [-0.2, -0.15) is 0 Å². The molecule has 1 N–H and O–H groups in total. The highest BCUT2D eigenvalue weighted by Crippen LogP contribution is 2.29. The minimum atomic E-state index is -0.988. The molecule has 0 aliphatic heterocycles. The Labute approximate surface area is 91.8 Å². The molecular weight excluding hydrogens is 218 g/mol. The van der Waals surface area contributed by atoms with Crippen molar-refractivity contribution in [2.45, 2.75) is 24.3 Å². The van der Waals surface area contributed by atoms with Gasteiger partial charge in [-0.05, 0) is 18.9 Å². The second-order valence-corrected chi connectivity index (χ2v) is 4.00. The molecule has 15 heavy (non-hydrogen) atoms. The van der Waals surface area contributed by atoms with Gasteiger partial charge >= 0.3 is 5.97 Å². The molecule has 2 unspecified atom stereocenters. The first kappa shape index (κ1) is 10.2. The van der Waals surface area contributed by atoms with Crippen LogP contribution in [0.1, 0.15) is 23.2 Å². The molecule has 80 valence electrons. The molecule has 0 bridgehead atoms. The van der Waals surface area contributed by atoms with E-state index in [2.05, 4.69) is 4.98 Å². The van der Waals surface area contributed by atoms with E-state index in [1.807, 2.05) is 0 Å². The van der Waals surface area contributed by atoms with Crippen LogP contribution in [0.4, 0.5) is 0 Å². The lowest BCUT2D eigenvalue weighted by Crippen LogP contribution is -2.37. The Bertz CT molecular complexity index is 383. The van der Waals surface area contributed by atoms with Gasteiger partial charge in [0.25, 0.3) is 0 Å². The number of pyridine rings is 1. The standard InChI is InChI=1S/C10H10ClNO3/c11-7-1-2-8(7)15-9-5-6(10(13)14)3-4-12-9/h3-5,7-8H,1-2H2,(H,13,14). The Morgan fingerprint density at radius 3 is 2.93 bits per heavy atom. The highest BCUT2D eigenvalue weighted by atomic mass is 35.5. The van der Waals surface area contributed by atoms with Crippen molar-refractivity contribution in [3.05, 3.63) is 23.9 Å². The van der Waals surface area contributed by atoms with E-state index in [-0.39, 0.29) is 17.0 Å². The Kier molecular flexibility index (Phi) is 2.77. The summed E-state index contributed by atoms with van der Waals surface area (Å²) in [5.74, 6) is -0.663. The van der Waals surface area contributed by atoms with Gasteiger partial charge in [0.15, 0.2) is 0 Å². The number of nitrogens with zero attached hydrogens (tertiary/aromatic N) is 1. The van der Waals surface area contributed by atoms with Crippen LogP contribution in [0, 0.1) is 0 Å². The quantitative estimate of drug-likeness (QED) is 0.802. The van der Waals surface area contributed by atoms with Crippen LogP contribution in [0.2, 0.25) is 0 Å². The van der Waals surface area contributed by atoms with Crippen LogP contribution in [0.15, 0.2) is 18.3 Å². The van der Waals surface area contributed by atoms with E-state index in [0.29, 0.717) is 5.88 Å². The predicted octanol–water partition coefficient (Wildman–Crippen LogP) is 1.93. The number of carboxylic acid groups (broad SMARTS) is 1. The van der Waals surface area contributed by atoms with E-state index >= 15 is 0 Å². The van der Waals surface area contributed by atoms with Gasteiger partial charge in [-0.3, -0.25) is 0 Å². The summed E-state index contributed by atoms with van der Waals surface area (Å²) in [6.07, 6.45) is 3.21. The molecular formula is C10H10ClNO3. The molecule has 0 spiro atoms. The molecule has 1 fully saturated rings. The van der Waals surface area contributed by atoms with Crippen molar-refractivity contribution in [2.24, 2.45) is 0 Å². The van der Waals surface area contributed by atoms with Gasteiger partial charge in [-0.15, -0.1) is 11.6 Å². The molecule has 1 aliphatic rings. The minimum absolute atomic E-state index is 0.0142. The van der Waals surface area contributed by atoms with Gasteiger partial charge in [-0.25, -0.2) is 9.78 Å². The molecule has 1 aromatic rings. The van der Waals surface area contributed by atoms with E-state index in [9.17, 15) is 4.79 Å². The minimum Gasteiger partial charge on any atom is -0.478 e. The number of hydrogen-bond donors (Lipinski definition) is 1. The van der Waals surface area contributed by atoms with Crippen molar-refractivity contribution in [2.75, 3.05) is 0 Å². The number of ether oxygens (including phenoxy) is 1. The zero-order chi connectivity index (χ0) is 10.8. The lowest BCUT2D eigenvalue weighted by molar-refractivity contribution is 0.0694. The average Bonchev–Trinajstić information content (AvgIpc) is 2.24. The molecule has 1 aliphatic carbocycles. The van der Waals surface area contributed by atoms with Crippen molar-refractivity contribution in [1.29, 1.82) is 0 Å². The lowest BCUT2D eigenvalue weighted by Gasteiger charge is -2.31. The molecule has 0 aromatic carbocycles. The highest BCUT2D eigenvalue weighted by Gasteiger charge is 2.31. The van der Waals surface area contributed by atoms with Gasteiger partial charge < -0.3 is 9.84 Å². The maximum Gasteiger partial charge on any atom is 0.335 e. The summed E-state index contributed by atoms with van der Waals surface area (Å²) in [6.45, 7) is 0. The smallest absolute Gasteiger partial charge is 0.335 e. The van der Waals surface area contributed by atoms with Crippen molar-refractivity contribution >= 4 is 17.6 Å². The topological polar surface area (TPSA) is 59.4 Å². The third-order valence-corrected chi connectivity index (χ3v) is 2.88. The van der Waals surface area contributed by atoms with Crippen molar-refractivity contribution in [1.82, 2.24) is 4.98 Å². The number of hydrogen-bond acceptors (Lipinski definition) is 3. The molecule has 0 saturated heterocycles. The molecule has 1 saturated carbocycles. The van der Waals surface area contributed by atoms with Crippen molar-refractivity contribution < 1.29 is 14.6 Å². The van der Waals surface area contributed by atoms with Crippen LogP contribution >= 0.6 is 11.6 Å². The Balaban J connectivity index is 2.08. The van der Waals surface area contributed by atoms with Crippen molar-refractivity contribution in [3.8, 4) is 5.88 Å². The van der Waals surface area contributed by atoms with E-state index in [0.717, 1.165) is 12.8 Å². The monoisotopic (exact) mass is 227 g/mol. The molecule has 0 amide bonds. The Hall–Kier alpha value is -1.29. The van der Waals surface area contributed by atoms with E-state index in [1.165, 1.54) is 18.3 Å². The highest BCUT2D eigenvalue weighted by molar-refractivity contribution is 6.21. The van der Waals surface area contributed by atoms with Gasteiger partial charge in [0, 0.05) is 12.3 Å². The molecule has 2 atom stereocenters. The largest absolute Gasteiger partial charge is 0.478 e. The number of halogens is 1. The fraction of sp³-hybridized carbons (Fsp3) is 0.400.